The lowest BCUT2D eigenvalue weighted by Crippen LogP contribution is -2.32. The molecule has 2 amide bonds. The highest BCUT2D eigenvalue weighted by Crippen LogP contribution is 2.18. The molecule has 1 unspecified atom stereocenters. The molecule has 5 heteroatoms. The summed E-state index contributed by atoms with van der Waals surface area (Å²) in [6.07, 6.45) is 3.65. The molecule has 16 heavy (non-hydrogen) atoms. The lowest BCUT2D eigenvalue weighted by atomic mass is 10.2. The molecular weight excluding hydrogens is 206 g/mol. The highest BCUT2D eigenvalue weighted by Gasteiger charge is 2.22. The van der Waals surface area contributed by atoms with Crippen molar-refractivity contribution in [2.75, 3.05) is 6.54 Å². The van der Waals surface area contributed by atoms with Crippen LogP contribution in [0, 0.1) is 0 Å². The number of nitrogens with one attached hydrogen (secondary N) is 2. The van der Waals surface area contributed by atoms with Gasteiger partial charge in [0, 0.05) is 31.5 Å². The monoisotopic (exact) mass is 227 g/mol. The highest BCUT2D eigenvalue weighted by molar-refractivity contribution is 5.79. The van der Waals surface area contributed by atoms with Gasteiger partial charge in [-0.05, 0) is 26.2 Å². The molecule has 1 aliphatic rings. The summed E-state index contributed by atoms with van der Waals surface area (Å²) in [5.74, 6) is -0.00786. The summed E-state index contributed by atoms with van der Waals surface area (Å²) < 4.78 is 0. The number of hydrogen-bond donors (Lipinski definition) is 3. The van der Waals surface area contributed by atoms with Gasteiger partial charge in [-0.2, -0.15) is 0 Å². The average Bonchev–Trinajstić information content (AvgIpc) is 2.98. The molecule has 0 saturated heterocycles. The van der Waals surface area contributed by atoms with Crippen LogP contribution in [0.4, 0.5) is 0 Å². The predicted octanol–water partition coefficient (Wildman–Crippen LogP) is -0.101. The van der Waals surface area contributed by atoms with Crippen LogP contribution >= 0.6 is 0 Å². The Kier molecular flexibility index (Phi) is 5.25. The van der Waals surface area contributed by atoms with Crippen molar-refractivity contribution in [1.29, 1.82) is 0 Å². The fourth-order valence-electron chi connectivity index (χ4n) is 1.29. The number of carbonyl (C=O) groups is 2. The second-order valence-electron chi connectivity index (χ2n) is 4.46. The number of hydrogen-bond acceptors (Lipinski definition) is 3. The van der Waals surface area contributed by atoms with Gasteiger partial charge in [0.05, 0.1) is 0 Å². The largest absolute Gasteiger partial charge is 0.356 e. The number of rotatable bonds is 7. The Bertz CT molecular complexity index is 250. The van der Waals surface area contributed by atoms with E-state index >= 15 is 0 Å². The van der Waals surface area contributed by atoms with Gasteiger partial charge in [-0.3, -0.25) is 9.59 Å². The van der Waals surface area contributed by atoms with Crippen molar-refractivity contribution in [3.8, 4) is 0 Å². The van der Waals surface area contributed by atoms with Crippen LogP contribution in [0.25, 0.3) is 0 Å². The molecule has 1 aliphatic carbocycles. The lowest BCUT2D eigenvalue weighted by molar-refractivity contribution is -0.122. The van der Waals surface area contributed by atoms with E-state index in [1.54, 1.807) is 0 Å². The van der Waals surface area contributed by atoms with Crippen LogP contribution < -0.4 is 16.4 Å². The van der Waals surface area contributed by atoms with Crippen LogP contribution in [-0.4, -0.2) is 30.4 Å². The molecule has 0 spiro atoms. The Balaban J connectivity index is 1.96. The minimum absolute atomic E-state index is 0.0231. The Hall–Kier alpha value is -1.10. The van der Waals surface area contributed by atoms with Gasteiger partial charge in [-0.15, -0.1) is 0 Å². The van der Waals surface area contributed by atoms with E-state index in [1.165, 1.54) is 0 Å². The molecule has 0 aliphatic heterocycles. The molecule has 0 heterocycles. The summed E-state index contributed by atoms with van der Waals surface area (Å²) in [4.78, 5) is 22.5. The summed E-state index contributed by atoms with van der Waals surface area (Å²) in [5.41, 5.74) is 5.54. The second-order valence-corrected chi connectivity index (χ2v) is 4.46. The molecule has 1 fully saturated rings. The Morgan fingerprint density at radius 2 is 2.00 bits per heavy atom. The van der Waals surface area contributed by atoms with Crippen LogP contribution in [0.2, 0.25) is 0 Å². The number of carbonyl (C=O) groups excluding carboxylic acids is 2. The molecule has 0 radical (unpaired) electrons. The van der Waals surface area contributed by atoms with Crippen LogP contribution in [0.1, 0.15) is 39.0 Å². The van der Waals surface area contributed by atoms with Crippen molar-refractivity contribution in [3.63, 3.8) is 0 Å². The first kappa shape index (κ1) is 13.0. The molecular formula is C11H21N3O2. The first-order chi connectivity index (χ1) is 7.58. The van der Waals surface area contributed by atoms with Crippen molar-refractivity contribution in [3.05, 3.63) is 0 Å². The first-order valence-electron chi connectivity index (χ1n) is 5.89. The van der Waals surface area contributed by atoms with Gasteiger partial charge in [0.25, 0.3) is 0 Å². The third-order valence-corrected chi connectivity index (χ3v) is 2.44. The number of amides is 2. The maximum Gasteiger partial charge on any atom is 0.221 e. The molecule has 0 aromatic heterocycles. The summed E-state index contributed by atoms with van der Waals surface area (Å²) >= 11 is 0. The van der Waals surface area contributed by atoms with Gasteiger partial charge >= 0.3 is 0 Å². The van der Waals surface area contributed by atoms with Crippen LogP contribution in [0.15, 0.2) is 0 Å². The average molecular weight is 227 g/mol. The molecule has 92 valence electrons. The minimum Gasteiger partial charge on any atom is -0.356 e. The highest BCUT2D eigenvalue weighted by atomic mass is 16.2. The fraction of sp³-hybridized carbons (Fsp3) is 0.818. The van der Waals surface area contributed by atoms with E-state index < -0.39 is 0 Å². The van der Waals surface area contributed by atoms with Crippen molar-refractivity contribution >= 4 is 11.8 Å². The normalized spacial score (nSPS) is 16.6. The van der Waals surface area contributed by atoms with Crippen molar-refractivity contribution < 1.29 is 9.59 Å². The quantitative estimate of drug-likeness (QED) is 0.568. The maximum atomic E-state index is 11.3. The molecule has 1 saturated carbocycles. The van der Waals surface area contributed by atoms with Crippen molar-refractivity contribution in [2.45, 2.75) is 51.1 Å². The van der Waals surface area contributed by atoms with Crippen LogP contribution in [0.3, 0.4) is 0 Å². The van der Waals surface area contributed by atoms with Crippen LogP contribution in [0.5, 0.6) is 0 Å². The molecule has 0 aromatic carbocycles. The van der Waals surface area contributed by atoms with E-state index in [-0.39, 0.29) is 17.9 Å². The van der Waals surface area contributed by atoms with Crippen LogP contribution in [-0.2, 0) is 9.59 Å². The molecule has 0 bridgehead atoms. The third-order valence-electron chi connectivity index (χ3n) is 2.44. The maximum absolute atomic E-state index is 11.3. The second kappa shape index (κ2) is 6.48. The van der Waals surface area contributed by atoms with Gasteiger partial charge in [0.15, 0.2) is 0 Å². The molecule has 0 aromatic rings. The van der Waals surface area contributed by atoms with E-state index in [1.807, 2.05) is 6.92 Å². The zero-order valence-electron chi connectivity index (χ0n) is 9.79. The van der Waals surface area contributed by atoms with Gasteiger partial charge in [0.1, 0.15) is 0 Å². The molecule has 4 N–H and O–H groups in total. The fourth-order valence-corrected chi connectivity index (χ4v) is 1.29. The Morgan fingerprint density at radius 3 is 2.56 bits per heavy atom. The smallest absolute Gasteiger partial charge is 0.221 e. The summed E-state index contributed by atoms with van der Waals surface area (Å²) in [5, 5.41) is 5.57. The van der Waals surface area contributed by atoms with Gasteiger partial charge < -0.3 is 16.4 Å². The van der Waals surface area contributed by atoms with Gasteiger partial charge in [-0.25, -0.2) is 0 Å². The summed E-state index contributed by atoms with van der Waals surface area (Å²) in [7, 11) is 0. The van der Waals surface area contributed by atoms with E-state index in [0.29, 0.717) is 31.8 Å². The summed E-state index contributed by atoms with van der Waals surface area (Å²) in [6.45, 7) is 2.28. The predicted molar refractivity (Wildman–Crippen MR) is 61.7 cm³/mol. The zero-order valence-corrected chi connectivity index (χ0v) is 9.79. The summed E-state index contributed by atoms with van der Waals surface area (Å²) in [6, 6.07) is 0.435. The van der Waals surface area contributed by atoms with Gasteiger partial charge in [0.2, 0.25) is 11.8 Å². The van der Waals surface area contributed by atoms with Gasteiger partial charge in [-0.1, -0.05) is 0 Å². The van der Waals surface area contributed by atoms with Crippen molar-refractivity contribution in [2.24, 2.45) is 5.73 Å². The van der Waals surface area contributed by atoms with E-state index in [2.05, 4.69) is 10.6 Å². The molecule has 5 nitrogen and oxygen atoms in total. The third kappa shape index (κ3) is 6.40. The molecule has 1 rings (SSSR count). The first-order valence-corrected chi connectivity index (χ1v) is 5.89. The Morgan fingerprint density at radius 1 is 1.31 bits per heavy atom. The minimum atomic E-state index is -0.0310. The van der Waals surface area contributed by atoms with Crippen molar-refractivity contribution in [1.82, 2.24) is 10.6 Å². The van der Waals surface area contributed by atoms with E-state index in [4.69, 9.17) is 5.73 Å². The number of nitrogens with two attached hydrogens (primary N) is 1. The Labute approximate surface area is 96.1 Å². The standard InChI is InChI=1S/C11H21N3O2/c1-8(12)2-5-10(15)13-7-6-11(16)14-9-3-4-9/h8-9H,2-7,12H2,1H3,(H,13,15)(H,14,16). The van der Waals surface area contributed by atoms with E-state index in [0.717, 1.165) is 12.8 Å². The topological polar surface area (TPSA) is 84.2 Å². The lowest BCUT2D eigenvalue weighted by Gasteiger charge is -2.07. The SMILES string of the molecule is CC(N)CCC(=O)NCCC(=O)NC1CC1. The zero-order chi connectivity index (χ0) is 12.0. The van der Waals surface area contributed by atoms with E-state index in [9.17, 15) is 9.59 Å². The molecule has 1 atom stereocenters.